The first kappa shape index (κ1) is 18.6. The number of amides is 1. The molecule has 1 aliphatic rings. The molecule has 2 aromatic heterocycles. The van der Waals surface area contributed by atoms with Gasteiger partial charge in [0, 0.05) is 69.7 Å². The first-order valence-electron chi connectivity index (χ1n) is 9.50. The number of rotatable bonds is 6. The van der Waals surface area contributed by atoms with E-state index in [1.165, 1.54) is 5.56 Å². The predicted octanol–water partition coefficient (Wildman–Crippen LogP) is 1.76. The highest BCUT2D eigenvalue weighted by molar-refractivity contribution is 5.76. The molecule has 7 heteroatoms. The van der Waals surface area contributed by atoms with Gasteiger partial charge in [-0.3, -0.25) is 19.1 Å². The molecule has 1 amide bonds. The standard InChI is InChI=1S/C19H30N6O/c1-5-24-14-18(17(4)21-24)13-22-8-10-23(11-9-22)19(26)6-7-25-16(3)12-15(2)20-25/h12,14H,5-11,13H2,1-4H3. The largest absolute Gasteiger partial charge is 0.340 e. The molecule has 0 N–H and O–H groups in total. The van der Waals surface area contributed by atoms with Crippen LogP contribution in [0.2, 0.25) is 0 Å². The Bertz CT molecular complexity index is 754. The smallest absolute Gasteiger partial charge is 0.224 e. The minimum atomic E-state index is 0.229. The van der Waals surface area contributed by atoms with Crippen LogP contribution in [-0.2, 0) is 24.4 Å². The Labute approximate surface area is 155 Å². The molecular formula is C19H30N6O. The maximum Gasteiger partial charge on any atom is 0.224 e. The number of hydrogen-bond donors (Lipinski definition) is 0. The summed E-state index contributed by atoms with van der Waals surface area (Å²) in [4.78, 5) is 16.9. The van der Waals surface area contributed by atoms with Crippen LogP contribution in [-0.4, -0.2) is 61.4 Å². The van der Waals surface area contributed by atoms with Gasteiger partial charge >= 0.3 is 0 Å². The molecule has 3 rings (SSSR count). The molecule has 0 saturated carbocycles. The summed E-state index contributed by atoms with van der Waals surface area (Å²) in [7, 11) is 0. The van der Waals surface area contributed by atoms with Gasteiger partial charge in [0.05, 0.1) is 11.4 Å². The van der Waals surface area contributed by atoms with Crippen LogP contribution >= 0.6 is 0 Å². The molecule has 0 bridgehead atoms. The number of carbonyl (C=O) groups excluding carboxylic acids is 1. The van der Waals surface area contributed by atoms with Crippen molar-refractivity contribution in [2.45, 2.75) is 53.8 Å². The summed E-state index contributed by atoms with van der Waals surface area (Å²) in [6.45, 7) is 14.1. The van der Waals surface area contributed by atoms with Crippen molar-refractivity contribution in [3.05, 3.63) is 34.9 Å². The SMILES string of the molecule is CCn1cc(CN2CCN(C(=O)CCn3nc(C)cc3C)CC2)c(C)n1. The van der Waals surface area contributed by atoms with Crippen molar-refractivity contribution in [1.82, 2.24) is 29.4 Å². The fraction of sp³-hybridized carbons (Fsp3) is 0.632. The van der Waals surface area contributed by atoms with Gasteiger partial charge in [-0.25, -0.2) is 0 Å². The molecule has 0 aromatic carbocycles. The van der Waals surface area contributed by atoms with E-state index in [4.69, 9.17) is 0 Å². The third-order valence-corrected chi connectivity index (χ3v) is 5.13. The summed E-state index contributed by atoms with van der Waals surface area (Å²) in [5.41, 5.74) is 4.51. The number of nitrogens with zero attached hydrogens (tertiary/aromatic N) is 6. The van der Waals surface area contributed by atoms with Gasteiger partial charge in [-0.1, -0.05) is 0 Å². The quantitative estimate of drug-likeness (QED) is 0.789. The van der Waals surface area contributed by atoms with Gasteiger partial charge in [0.1, 0.15) is 0 Å². The van der Waals surface area contributed by atoms with Crippen molar-refractivity contribution < 1.29 is 4.79 Å². The summed E-state index contributed by atoms with van der Waals surface area (Å²) in [6, 6.07) is 2.05. The van der Waals surface area contributed by atoms with E-state index in [1.807, 2.05) is 34.2 Å². The molecule has 0 unspecified atom stereocenters. The van der Waals surface area contributed by atoms with E-state index in [0.717, 1.165) is 56.4 Å². The van der Waals surface area contributed by atoms with Crippen molar-refractivity contribution in [3.8, 4) is 0 Å². The minimum absolute atomic E-state index is 0.229. The fourth-order valence-corrected chi connectivity index (χ4v) is 3.53. The van der Waals surface area contributed by atoms with Gasteiger partial charge in [-0.2, -0.15) is 10.2 Å². The van der Waals surface area contributed by atoms with Crippen molar-refractivity contribution in [2.75, 3.05) is 26.2 Å². The lowest BCUT2D eigenvalue weighted by atomic mass is 10.2. The zero-order valence-electron chi connectivity index (χ0n) is 16.4. The van der Waals surface area contributed by atoms with E-state index >= 15 is 0 Å². The molecule has 142 valence electrons. The second-order valence-corrected chi connectivity index (χ2v) is 7.15. The van der Waals surface area contributed by atoms with E-state index in [2.05, 4.69) is 35.1 Å². The number of aryl methyl sites for hydroxylation is 5. The Morgan fingerprint density at radius 1 is 1.12 bits per heavy atom. The average molecular weight is 358 g/mol. The second-order valence-electron chi connectivity index (χ2n) is 7.15. The van der Waals surface area contributed by atoms with E-state index in [0.29, 0.717) is 13.0 Å². The fourth-order valence-electron chi connectivity index (χ4n) is 3.53. The van der Waals surface area contributed by atoms with Crippen LogP contribution in [0.15, 0.2) is 12.3 Å². The van der Waals surface area contributed by atoms with Crippen LogP contribution < -0.4 is 0 Å². The van der Waals surface area contributed by atoms with Gasteiger partial charge in [0.15, 0.2) is 0 Å². The third kappa shape index (κ3) is 4.33. The minimum Gasteiger partial charge on any atom is -0.340 e. The van der Waals surface area contributed by atoms with Crippen molar-refractivity contribution >= 4 is 5.91 Å². The number of aromatic nitrogens is 4. The van der Waals surface area contributed by atoms with Crippen LogP contribution in [0.3, 0.4) is 0 Å². The highest BCUT2D eigenvalue weighted by atomic mass is 16.2. The molecular weight excluding hydrogens is 328 g/mol. The molecule has 7 nitrogen and oxygen atoms in total. The predicted molar refractivity (Wildman–Crippen MR) is 101 cm³/mol. The van der Waals surface area contributed by atoms with Gasteiger partial charge < -0.3 is 4.90 Å². The van der Waals surface area contributed by atoms with Crippen LogP contribution in [0, 0.1) is 20.8 Å². The molecule has 1 saturated heterocycles. The van der Waals surface area contributed by atoms with Crippen molar-refractivity contribution in [3.63, 3.8) is 0 Å². The lowest BCUT2D eigenvalue weighted by molar-refractivity contribution is -0.133. The monoisotopic (exact) mass is 358 g/mol. The van der Waals surface area contributed by atoms with E-state index in [9.17, 15) is 4.79 Å². The van der Waals surface area contributed by atoms with Gasteiger partial charge in [-0.15, -0.1) is 0 Å². The highest BCUT2D eigenvalue weighted by Gasteiger charge is 2.22. The zero-order chi connectivity index (χ0) is 18.7. The van der Waals surface area contributed by atoms with Crippen LogP contribution in [0.4, 0.5) is 0 Å². The topological polar surface area (TPSA) is 59.2 Å². The first-order valence-corrected chi connectivity index (χ1v) is 9.50. The Kier molecular flexibility index (Phi) is 5.76. The Hall–Kier alpha value is -2.15. The zero-order valence-corrected chi connectivity index (χ0v) is 16.4. The van der Waals surface area contributed by atoms with Gasteiger partial charge in [-0.05, 0) is 33.8 Å². The molecule has 0 spiro atoms. The molecule has 0 aliphatic carbocycles. The van der Waals surface area contributed by atoms with Crippen molar-refractivity contribution in [2.24, 2.45) is 0 Å². The Morgan fingerprint density at radius 3 is 2.42 bits per heavy atom. The number of hydrogen-bond acceptors (Lipinski definition) is 4. The lowest BCUT2D eigenvalue weighted by Crippen LogP contribution is -2.48. The summed E-state index contributed by atoms with van der Waals surface area (Å²) in [5.74, 6) is 0.229. The highest BCUT2D eigenvalue weighted by Crippen LogP contribution is 2.13. The lowest BCUT2D eigenvalue weighted by Gasteiger charge is -2.34. The van der Waals surface area contributed by atoms with Crippen LogP contribution in [0.5, 0.6) is 0 Å². The molecule has 0 radical (unpaired) electrons. The van der Waals surface area contributed by atoms with Crippen LogP contribution in [0.1, 0.15) is 36.0 Å². The van der Waals surface area contributed by atoms with E-state index in [-0.39, 0.29) is 5.91 Å². The maximum absolute atomic E-state index is 12.5. The molecule has 26 heavy (non-hydrogen) atoms. The first-order chi connectivity index (χ1) is 12.5. The number of piperazine rings is 1. The molecule has 2 aromatic rings. The molecule has 0 atom stereocenters. The summed E-state index contributed by atoms with van der Waals surface area (Å²) < 4.78 is 3.92. The summed E-state index contributed by atoms with van der Waals surface area (Å²) >= 11 is 0. The van der Waals surface area contributed by atoms with Crippen LogP contribution in [0.25, 0.3) is 0 Å². The second kappa shape index (κ2) is 8.03. The average Bonchev–Trinajstić information content (AvgIpc) is 3.14. The Balaban J connectivity index is 1.46. The van der Waals surface area contributed by atoms with Gasteiger partial charge in [0.25, 0.3) is 0 Å². The third-order valence-electron chi connectivity index (χ3n) is 5.13. The molecule has 1 fully saturated rings. The van der Waals surface area contributed by atoms with E-state index < -0.39 is 0 Å². The normalized spacial score (nSPS) is 15.6. The number of carbonyl (C=O) groups is 1. The summed E-state index contributed by atoms with van der Waals surface area (Å²) in [6.07, 6.45) is 2.66. The molecule has 1 aliphatic heterocycles. The Morgan fingerprint density at radius 2 is 1.85 bits per heavy atom. The molecule has 3 heterocycles. The van der Waals surface area contributed by atoms with Crippen molar-refractivity contribution in [1.29, 1.82) is 0 Å². The summed E-state index contributed by atoms with van der Waals surface area (Å²) in [5, 5.41) is 8.95. The van der Waals surface area contributed by atoms with E-state index in [1.54, 1.807) is 0 Å². The maximum atomic E-state index is 12.5. The van der Waals surface area contributed by atoms with Gasteiger partial charge in [0.2, 0.25) is 5.91 Å².